The third-order valence-corrected chi connectivity index (χ3v) is 4.97. The predicted molar refractivity (Wildman–Crippen MR) is 69.7 cm³/mol. The third-order valence-electron chi connectivity index (χ3n) is 3.16. The lowest BCUT2D eigenvalue weighted by atomic mass is 9.84. The highest BCUT2D eigenvalue weighted by Crippen LogP contribution is 2.35. The second-order valence-electron chi connectivity index (χ2n) is 5.72. The van der Waals surface area contributed by atoms with E-state index in [2.05, 4.69) is 45.7 Å². The molecule has 0 aliphatic heterocycles. The lowest BCUT2D eigenvalue weighted by molar-refractivity contribution is 0.280. The molecule has 0 fully saturated rings. The maximum absolute atomic E-state index is 3.54. The van der Waals surface area contributed by atoms with Crippen LogP contribution in [-0.2, 0) is 0 Å². The summed E-state index contributed by atoms with van der Waals surface area (Å²) in [4.78, 5) is 0. The van der Waals surface area contributed by atoms with Crippen LogP contribution in [0.25, 0.3) is 0 Å². The zero-order chi connectivity index (χ0) is 11.2. The van der Waals surface area contributed by atoms with Gasteiger partial charge in [0.05, 0.1) is 0 Å². The predicted octanol–water partition coefficient (Wildman–Crippen LogP) is 3.74. The molecule has 0 unspecified atom stereocenters. The van der Waals surface area contributed by atoms with Gasteiger partial charge in [0.25, 0.3) is 0 Å². The van der Waals surface area contributed by atoms with Crippen molar-refractivity contribution in [2.24, 2.45) is 5.41 Å². The summed E-state index contributed by atoms with van der Waals surface area (Å²) in [5, 5.41) is 3.54. The highest BCUT2D eigenvalue weighted by molar-refractivity contribution is 6.76. The fraction of sp³-hybridized carbons (Fsp3) is 1.00. The maximum atomic E-state index is 3.54. The summed E-state index contributed by atoms with van der Waals surface area (Å²) in [7, 11) is -0.925. The van der Waals surface area contributed by atoms with Gasteiger partial charge >= 0.3 is 0 Å². The van der Waals surface area contributed by atoms with Crippen molar-refractivity contribution in [2.75, 3.05) is 13.1 Å². The molecule has 0 radical (unpaired) electrons. The fourth-order valence-corrected chi connectivity index (χ4v) is 5.20. The fourth-order valence-electron chi connectivity index (χ4n) is 2.33. The highest BCUT2D eigenvalue weighted by atomic mass is 28.3. The first-order valence-electron chi connectivity index (χ1n) is 6.10. The van der Waals surface area contributed by atoms with Gasteiger partial charge in [-0.3, -0.25) is 0 Å². The van der Waals surface area contributed by atoms with Crippen LogP contribution >= 0.6 is 0 Å². The average molecular weight is 215 g/mol. The minimum atomic E-state index is -0.925. The highest BCUT2D eigenvalue weighted by Gasteiger charge is 2.31. The van der Waals surface area contributed by atoms with Crippen LogP contribution in [0.1, 0.15) is 33.6 Å². The van der Waals surface area contributed by atoms with Gasteiger partial charge in [0.1, 0.15) is 0 Å². The van der Waals surface area contributed by atoms with E-state index in [1.54, 1.807) is 0 Å². The Hall–Kier alpha value is 0.177. The van der Waals surface area contributed by atoms with Gasteiger partial charge in [-0.05, 0) is 24.8 Å². The second-order valence-corrected chi connectivity index (χ2v) is 11.2. The standard InChI is InChI=1S/C12H29NSi/c1-7-12(8-2,10-13-9-3)11-14(4,5)6/h13H,7-11H2,1-6H3. The molecular formula is C12H29NSi. The van der Waals surface area contributed by atoms with Gasteiger partial charge in [-0.15, -0.1) is 0 Å². The molecule has 0 saturated carbocycles. The molecule has 0 bridgehead atoms. The molecule has 0 spiro atoms. The molecule has 1 N–H and O–H groups in total. The smallest absolute Gasteiger partial charge is 0.0448 e. The first-order valence-corrected chi connectivity index (χ1v) is 9.80. The summed E-state index contributed by atoms with van der Waals surface area (Å²) in [6.07, 6.45) is 2.64. The van der Waals surface area contributed by atoms with E-state index in [1.807, 2.05) is 0 Å². The molecule has 0 amide bonds. The van der Waals surface area contributed by atoms with Crippen molar-refractivity contribution in [3.63, 3.8) is 0 Å². The van der Waals surface area contributed by atoms with E-state index in [-0.39, 0.29) is 0 Å². The zero-order valence-corrected chi connectivity index (χ0v) is 12.0. The number of hydrogen-bond acceptors (Lipinski definition) is 1. The molecule has 14 heavy (non-hydrogen) atoms. The zero-order valence-electron chi connectivity index (χ0n) is 11.0. The van der Waals surface area contributed by atoms with Crippen molar-refractivity contribution < 1.29 is 0 Å². The molecule has 0 atom stereocenters. The van der Waals surface area contributed by atoms with E-state index in [1.165, 1.54) is 25.4 Å². The molecule has 0 rings (SSSR count). The molecule has 0 aliphatic rings. The maximum Gasteiger partial charge on any atom is 0.0448 e. The molecule has 1 nitrogen and oxygen atoms in total. The van der Waals surface area contributed by atoms with Gasteiger partial charge in [-0.25, -0.2) is 0 Å². The van der Waals surface area contributed by atoms with Crippen LogP contribution in [0.4, 0.5) is 0 Å². The quantitative estimate of drug-likeness (QED) is 0.638. The SMILES string of the molecule is CCNCC(CC)(CC)C[Si](C)(C)C. The van der Waals surface area contributed by atoms with Crippen LogP contribution in [0, 0.1) is 5.41 Å². The van der Waals surface area contributed by atoms with Crippen LogP contribution in [0.5, 0.6) is 0 Å². The summed E-state index contributed by atoms with van der Waals surface area (Å²) < 4.78 is 0. The summed E-state index contributed by atoms with van der Waals surface area (Å²) in [5.41, 5.74) is 0.570. The van der Waals surface area contributed by atoms with E-state index < -0.39 is 8.07 Å². The van der Waals surface area contributed by atoms with E-state index in [4.69, 9.17) is 0 Å². The Bertz CT molecular complexity index is 145. The number of rotatable bonds is 7. The normalized spacial score (nSPS) is 13.3. The van der Waals surface area contributed by atoms with Crippen LogP contribution in [0.15, 0.2) is 0 Å². The molecule has 0 aromatic carbocycles. The van der Waals surface area contributed by atoms with E-state index in [0.29, 0.717) is 5.41 Å². The average Bonchev–Trinajstić information content (AvgIpc) is 2.10. The summed E-state index contributed by atoms with van der Waals surface area (Å²) in [5.74, 6) is 0. The summed E-state index contributed by atoms with van der Waals surface area (Å²) >= 11 is 0. The van der Waals surface area contributed by atoms with Gasteiger partial charge in [0, 0.05) is 14.6 Å². The van der Waals surface area contributed by atoms with Crippen LogP contribution in [-0.4, -0.2) is 21.2 Å². The van der Waals surface area contributed by atoms with E-state index in [9.17, 15) is 0 Å². The topological polar surface area (TPSA) is 12.0 Å². The number of hydrogen-bond donors (Lipinski definition) is 1. The third kappa shape index (κ3) is 5.16. The molecular weight excluding hydrogens is 186 g/mol. The van der Waals surface area contributed by atoms with Crippen LogP contribution in [0.2, 0.25) is 25.7 Å². The van der Waals surface area contributed by atoms with Crippen molar-refractivity contribution >= 4 is 8.07 Å². The van der Waals surface area contributed by atoms with Crippen LogP contribution < -0.4 is 5.32 Å². The van der Waals surface area contributed by atoms with Gasteiger partial charge in [0.2, 0.25) is 0 Å². The summed E-state index contributed by atoms with van der Waals surface area (Å²) in [6.45, 7) is 16.7. The lowest BCUT2D eigenvalue weighted by Crippen LogP contribution is -2.39. The van der Waals surface area contributed by atoms with Crippen molar-refractivity contribution in [3.05, 3.63) is 0 Å². The minimum absolute atomic E-state index is 0.570. The van der Waals surface area contributed by atoms with Crippen molar-refractivity contribution in [2.45, 2.75) is 59.3 Å². The first-order chi connectivity index (χ1) is 6.39. The van der Waals surface area contributed by atoms with Crippen molar-refractivity contribution in [1.82, 2.24) is 5.32 Å². The minimum Gasteiger partial charge on any atom is -0.316 e. The summed E-state index contributed by atoms with van der Waals surface area (Å²) in [6, 6.07) is 1.46. The molecule has 0 aromatic heterocycles. The lowest BCUT2D eigenvalue weighted by Gasteiger charge is -2.37. The molecule has 0 aromatic rings. The molecule has 0 aliphatic carbocycles. The largest absolute Gasteiger partial charge is 0.316 e. The number of nitrogens with one attached hydrogen (secondary N) is 1. The Morgan fingerprint density at radius 2 is 1.50 bits per heavy atom. The molecule has 86 valence electrons. The Morgan fingerprint density at radius 3 is 1.79 bits per heavy atom. The Balaban J connectivity index is 4.36. The van der Waals surface area contributed by atoms with E-state index in [0.717, 1.165) is 6.54 Å². The Labute approximate surface area is 91.7 Å². The van der Waals surface area contributed by atoms with E-state index >= 15 is 0 Å². The monoisotopic (exact) mass is 215 g/mol. The molecule has 0 saturated heterocycles. The van der Waals surface area contributed by atoms with Gasteiger partial charge in [-0.1, -0.05) is 46.5 Å². The van der Waals surface area contributed by atoms with Crippen molar-refractivity contribution in [1.29, 1.82) is 0 Å². The van der Waals surface area contributed by atoms with Gasteiger partial charge in [0.15, 0.2) is 0 Å². The second kappa shape index (κ2) is 5.91. The molecule has 0 heterocycles. The Kier molecular flexibility index (Phi) is 5.99. The van der Waals surface area contributed by atoms with Gasteiger partial charge < -0.3 is 5.32 Å². The molecule has 2 heteroatoms. The van der Waals surface area contributed by atoms with Gasteiger partial charge in [-0.2, -0.15) is 0 Å². The van der Waals surface area contributed by atoms with Crippen LogP contribution in [0.3, 0.4) is 0 Å². The Morgan fingerprint density at radius 1 is 1.00 bits per heavy atom. The first kappa shape index (κ1) is 14.2. The van der Waals surface area contributed by atoms with Crippen molar-refractivity contribution in [3.8, 4) is 0 Å².